The molecule has 3 aromatic rings. The molecule has 0 saturated carbocycles. The molecular weight excluding hydrogens is 392 g/mol. The van der Waals surface area contributed by atoms with Crippen LogP contribution in [0.5, 0.6) is 5.75 Å². The highest BCUT2D eigenvalue weighted by molar-refractivity contribution is 7.89. The summed E-state index contributed by atoms with van der Waals surface area (Å²) in [6.07, 6.45) is 4.88. The fourth-order valence-electron chi connectivity index (χ4n) is 2.72. The van der Waals surface area contributed by atoms with E-state index in [9.17, 15) is 13.2 Å². The highest BCUT2D eigenvalue weighted by Gasteiger charge is 2.18. The number of benzene rings is 2. The van der Waals surface area contributed by atoms with Crippen molar-refractivity contribution in [2.24, 2.45) is 5.14 Å². The van der Waals surface area contributed by atoms with Gasteiger partial charge in [0.15, 0.2) is 0 Å². The molecule has 0 aliphatic rings. The van der Waals surface area contributed by atoms with Crippen LogP contribution in [0.1, 0.15) is 11.1 Å². The van der Waals surface area contributed by atoms with Gasteiger partial charge >= 0.3 is 0 Å². The third-order valence-electron chi connectivity index (χ3n) is 4.16. The minimum atomic E-state index is -4.06. The summed E-state index contributed by atoms with van der Waals surface area (Å²) in [6.45, 7) is 3.65. The lowest BCUT2D eigenvalue weighted by molar-refractivity contribution is -0.115. The normalized spacial score (nSPS) is 11.1. The first kappa shape index (κ1) is 20.3. The predicted octanol–water partition coefficient (Wildman–Crippen LogP) is 2.35. The lowest BCUT2D eigenvalue weighted by Gasteiger charge is -2.11. The van der Waals surface area contributed by atoms with Crippen molar-refractivity contribution < 1.29 is 17.9 Å². The number of sulfonamides is 1. The Kier molecular flexibility index (Phi) is 5.81. The highest BCUT2D eigenvalue weighted by Crippen LogP contribution is 2.24. The lowest BCUT2D eigenvalue weighted by atomic mass is 10.1. The first-order chi connectivity index (χ1) is 13.8. The standard InChI is InChI=1S/C20H20N4O4S/c1-3-14-12-22-24(13-14)18-9-6-16(11-19(18)29(21,26)27)23-20(25)10-15-4-7-17(28-2)8-5-15/h3-9,11-13H,1,10H2,2H3,(H,23,25)(H2,21,26,27). The van der Waals surface area contributed by atoms with Gasteiger partial charge < -0.3 is 10.1 Å². The monoisotopic (exact) mass is 412 g/mol. The topological polar surface area (TPSA) is 116 Å². The van der Waals surface area contributed by atoms with Crippen LogP contribution in [0, 0.1) is 0 Å². The summed E-state index contributed by atoms with van der Waals surface area (Å²) in [6, 6.07) is 11.5. The van der Waals surface area contributed by atoms with Gasteiger partial charge in [0.1, 0.15) is 10.6 Å². The number of aromatic nitrogens is 2. The molecule has 0 radical (unpaired) electrons. The van der Waals surface area contributed by atoms with Crippen LogP contribution in [-0.4, -0.2) is 31.2 Å². The number of carbonyl (C=O) groups is 1. The van der Waals surface area contributed by atoms with E-state index in [4.69, 9.17) is 9.88 Å². The van der Waals surface area contributed by atoms with Gasteiger partial charge in [-0.25, -0.2) is 18.2 Å². The Morgan fingerprint density at radius 3 is 2.59 bits per heavy atom. The van der Waals surface area contributed by atoms with Gasteiger partial charge in [-0.05, 0) is 35.9 Å². The Hall–Kier alpha value is -3.43. The van der Waals surface area contributed by atoms with Crippen molar-refractivity contribution in [1.82, 2.24) is 9.78 Å². The number of ether oxygens (including phenoxy) is 1. The quantitative estimate of drug-likeness (QED) is 0.618. The maximum atomic E-state index is 12.3. The van der Waals surface area contributed by atoms with E-state index >= 15 is 0 Å². The zero-order valence-electron chi connectivity index (χ0n) is 15.7. The van der Waals surface area contributed by atoms with E-state index in [0.717, 1.165) is 11.1 Å². The summed E-state index contributed by atoms with van der Waals surface area (Å²) >= 11 is 0. The maximum Gasteiger partial charge on any atom is 0.240 e. The second kappa shape index (κ2) is 8.29. The molecule has 8 nitrogen and oxygen atoms in total. The van der Waals surface area contributed by atoms with Crippen molar-refractivity contribution >= 4 is 27.7 Å². The van der Waals surface area contributed by atoms with E-state index < -0.39 is 10.0 Å². The van der Waals surface area contributed by atoms with Gasteiger partial charge in [0.2, 0.25) is 15.9 Å². The zero-order valence-corrected chi connectivity index (χ0v) is 16.5. The van der Waals surface area contributed by atoms with Crippen LogP contribution >= 0.6 is 0 Å². The summed E-state index contributed by atoms with van der Waals surface area (Å²) in [7, 11) is -2.49. The molecule has 1 heterocycles. The molecule has 0 aliphatic heterocycles. The molecule has 9 heteroatoms. The van der Waals surface area contributed by atoms with E-state index in [1.54, 1.807) is 55.9 Å². The van der Waals surface area contributed by atoms with Gasteiger partial charge in [0.25, 0.3) is 0 Å². The SMILES string of the molecule is C=Cc1cnn(-c2ccc(NC(=O)Cc3ccc(OC)cc3)cc2S(N)(=O)=O)c1. The number of methoxy groups -OCH3 is 1. The molecule has 3 rings (SSSR count). The largest absolute Gasteiger partial charge is 0.497 e. The van der Waals surface area contributed by atoms with Gasteiger partial charge in [-0.1, -0.05) is 24.8 Å². The molecule has 0 atom stereocenters. The van der Waals surface area contributed by atoms with Crippen LogP contribution < -0.4 is 15.2 Å². The first-order valence-corrected chi connectivity index (χ1v) is 10.1. The van der Waals surface area contributed by atoms with Crippen molar-refractivity contribution in [1.29, 1.82) is 0 Å². The molecular formula is C20H20N4O4S. The predicted molar refractivity (Wildman–Crippen MR) is 110 cm³/mol. The second-order valence-corrected chi connectivity index (χ2v) is 7.75. The number of rotatable bonds is 7. The number of hydrogen-bond acceptors (Lipinski definition) is 5. The fraction of sp³-hybridized carbons (Fsp3) is 0.100. The van der Waals surface area contributed by atoms with Crippen molar-refractivity contribution in [2.45, 2.75) is 11.3 Å². The average Bonchev–Trinajstić information content (AvgIpc) is 3.17. The Morgan fingerprint density at radius 1 is 1.28 bits per heavy atom. The molecule has 29 heavy (non-hydrogen) atoms. The van der Waals surface area contributed by atoms with Crippen LogP contribution in [0.15, 0.2) is 66.3 Å². The number of anilines is 1. The molecule has 0 unspecified atom stereocenters. The number of amides is 1. The number of nitrogens with two attached hydrogens (primary N) is 1. The van der Waals surface area contributed by atoms with Crippen LogP contribution in [0.25, 0.3) is 11.8 Å². The third-order valence-corrected chi connectivity index (χ3v) is 5.10. The maximum absolute atomic E-state index is 12.3. The number of primary sulfonamides is 1. The fourth-order valence-corrected chi connectivity index (χ4v) is 3.46. The Labute approximate surface area is 168 Å². The van der Waals surface area contributed by atoms with Gasteiger partial charge in [-0.2, -0.15) is 5.10 Å². The first-order valence-electron chi connectivity index (χ1n) is 8.57. The highest BCUT2D eigenvalue weighted by atomic mass is 32.2. The zero-order chi connectivity index (χ0) is 21.0. The summed E-state index contributed by atoms with van der Waals surface area (Å²) in [5.74, 6) is 0.400. The Morgan fingerprint density at radius 2 is 2.00 bits per heavy atom. The van der Waals surface area contributed by atoms with E-state index in [-0.39, 0.29) is 22.9 Å². The van der Waals surface area contributed by atoms with Crippen molar-refractivity contribution in [2.75, 3.05) is 12.4 Å². The molecule has 3 N–H and O–H groups in total. The summed E-state index contributed by atoms with van der Waals surface area (Å²) < 4.78 is 30.6. The molecule has 0 fully saturated rings. The average molecular weight is 412 g/mol. The molecule has 150 valence electrons. The molecule has 0 bridgehead atoms. The van der Waals surface area contributed by atoms with Crippen molar-refractivity contribution in [3.05, 3.63) is 72.6 Å². The number of nitrogens with zero attached hydrogens (tertiary/aromatic N) is 2. The summed E-state index contributed by atoms with van der Waals surface area (Å²) in [4.78, 5) is 12.2. The minimum absolute atomic E-state index is 0.123. The molecule has 2 aromatic carbocycles. The lowest BCUT2D eigenvalue weighted by Crippen LogP contribution is -2.18. The van der Waals surface area contributed by atoms with Gasteiger partial charge in [-0.3, -0.25) is 4.79 Å². The molecule has 0 saturated heterocycles. The number of hydrogen-bond donors (Lipinski definition) is 2. The molecule has 1 aromatic heterocycles. The van der Waals surface area contributed by atoms with E-state index in [0.29, 0.717) is 11.4 Å². The second-order valence-electron chi connectivity index (χ2n) is 6.22. The number of nitrogens with one attached hydrogen (secondary N) is 1. The van der Waals surface area contributed by atoms with E-state index in [2.05, 4.69) is 17.0 Å². The Balaban J connectivity index is 1.84. The van der Waals surface area contributed by atoms with Crippen molar-refractivity contribution in [3.63, 3.8) is 0 Å². The minimum Gasteiger partial charge on any atom is -0.497 e. The van der Waals surface area contributed by atoms with Crippen LogP contribution in [0.3, 0.4) is 0 Å². The number of carbonyl (C=O) groups excluding carboxylic acids is 1. The van der Waals surface area contributed by atoms with Gasteiger partial charge in [0.05, 0.1) is 25.4 Å². The summed E-state index contributed by atoms with van der Waals surface area (Å²) in [5, 5.41) is 12.2. The molecule has 0 spiro atoms. The molecule has 0 aliphatic carbocycles. The van der Waals surface area contributed by atoms with Crippen LogP contribution in [0.4, 0.5) is 5.69 Å². The molecule has 1 amide bonds. The third kappa shape index (κ3) is 4.89. The smallest absolute Gasteiger partial charge is 0.240 e. The Bertz CT molecular complexity index is 1150. The summed E-state index contributed by atoms with van der Waals surface area (Å²) in [5.41, 5.74) is 2.10. The van der Waals surface area contributed by atoms with E-state index in [1.165, 1.54) is 16.8 Å². The van der Waals surface area contributed by atoms with Gasteiger partial charge in [-0.15, -0.1) is 0 Å². The van der Waals surface area contributed by atoms with Crippen LogP contribution in [0.2, 0.25) is 0 Å². The van der Waals surface area contributed by atoms with E-state index in [1.807, 2.05) is 0 Å². The van der Waals surface area contributed by atoms with Crippen molar-refractivity contribution in [3.8, 4) is 11.4 Å². The van der Waals surface area contributed by atoms with Crippen LogP contribution in [-0.2, 0) is 21.2 Å². The van der Waals surface area contributed by atoms with Gasteiger partial charge in [0, 0.05) is 17.4 Å².